The normalized spacial score (nSPS) is 12.2. The number of methoxy groups -OCH3 is 1. The number of hydrogen-bond acceptors (Lipinski definition) is 2. The lowest BCUT2D eigenvalue weighted by atomic mass is 10.1. The maximum Gasteiger partial charge on any atom is 0.251 e. The first-order valence-corrected chi connectivity index (χ1v) is 6.95. The second kappa shape index (κ2) is 7.77. The van der Waals surface area contributed by atoms with Crippen molar-refractivity contribution in [3.8, 4) is 0 Å². The van der Waals surface area contributed by atoms with E-state index in [0.29, 0.717) is 25.1 Å². The molecule has 0 aromatic heterocycles. The van der Waals surface area contributed by atoms with Crippen molar-refractivity contribution in [2.45, 2.75) is 18.7 Å². The van der Waals surface area contributed by atoms with E-state index in [0.717, 1.165) is 10.0 Å². The fourth-order valence-corrected chi connectivity index (χ4v) is 2.29. The van der Waals surface area contributed by atoms with E-state index in [1.165, 1.54) is 0 Å². The molecule has 3 nitrogen and oxygen atoms in total. The summed E-state index contributed by atoms with van der Waals surface area (Å²) in [7, 11) is 1.61. The second-order valence-corrected chi connectivity index (χ2v) is 5.59. The molecule has 0 saturated carbocycles. The van der Waals surface area contributed by atoms with Crippen molar-refractivity contribution in [1.82, 2.24) is 5.32 Å². The number of alkyl halides is 1. The number of ether oxygens (including phenoxy) is 1. The lowest BCUT2D eigenvalue weighted by Crippen LogP contribution is -2.27. The van der Waals surface area contributed by atoms with E-state index in [1.54, 1.807) is 7.11 Å². The number of nitrogens with one attached hydrogen (secondary N) is 1. The van der Waals surface area contributed by atoms with Crippen LogP contribution in [0.4, 0.5) is 0 Å². The molecule has 1 rings (SSSR count). The molecule has 1 atom stereocenters. The predicted octanol–water partition coefficient (Wildman–Crippen LogP) is 3.13. The SMILES string of the molecule is COCC(Cl)CCNC(=O)c1ccc(Br)cc1C. The summed E-state index contributed by atoms with van der Waals surface area (Å²) in [6.07, 6.45) is 0.691. The first-order valence-electron chi connectivity index (χ1n) is 5.72. The zero-order valence-electron chi connectivity index (χ0n) is 10.5. The molecule has 1 aromatic rings. The third kappa shape index (κ3) is 4.96. The number of aryl methyl sites for hydroxylation is 1. The van der Waals surface area contributed by atoms with Crippen LogP contribution in [-0.4, -0.2) is 31.5 Å². The van der Waals surface area contributed by atoms with Crippen LogP contribution < -0.4 is 5.32 Å². The fraction of sp³-hybridized carbons (Fsp3) is 0.462. The van der Waals surface area contributed by atoms with Gasteiger partial charge in [-0.3, -0.25) is 4.79 Å². The van der Waals surface area contributed by atoms with Crippen LogP contribution >= 0.6 is 27.5 Å². The van der Waals surface area contributed by atoms with Crippen molar-refractivity contribution in [2.75, 3.05) is 20.3 Å². The maximum absolute atomic E-state index is 11.9. The Hall–Kier alpha value is -0.580. The van der Waals surface area contributed by atoms with Gasteiger partial charge in [0.25, 0.3) is 5.91 Å². The molecule has 18 heavy (non-hydrogen) atoms. The van der Waals surface area contributed by atoms with Crippen LogP contribution in [0.2, 0.25) is 0 Å². The molecular weight excluding hydrogens is 318 g/mol. The highest BCUT2D eigenvalue weighted by molar-refractivity contribution is 9.10. The van der Waals surface area contributed by atoms with Crippen LogP contribution in [-0.2, 0) is 4.74 Å². The summed E-state index contributed by atoms with van der Waals surface area (Å²) in [5.74, 6) is -0.0683. The van der Waals surface area contributed by atoms with Gasteiger partial charge in [0, 0.05) is 23.7 Å². The Balaban J connectivity index is 2.45. The van der Waals surface area contributed by atoms with Crippen molar-refractivity contribution in [1.29, 1.82) is 0 Å². The summed E-state index contributed by atoms with van der Waals surface area (Å²) in [6, 6.07) is 5.59. The average molecular weight is 335 g/mol. The Morgan fingerprint density at radius 1 is 1.56 bits per heavy atom. The third-order valence-electron chi connectivity index (χ3n) is 2.52. The molecule has 0 heterocycles. The Bertz CT molecular complexity index is 412. The zero-order valence-corrected chi connectivity index (χ0v) is 12.8. The van der Waals surface area contributed by atoms with Crippen molar-refractivity contribution >= 4 is 33.4 Å². The minimum Gasteiger partial charge on any atom is -0.383 e. The molecule has 1 N–H and O–H groups in total. The van der Waals surface area contributed by atoms with Crippen molar-refractivity contribution in [2.24, 2.45) is 0 Å². The molecule has 1 aromatic carbocycles. The summed E-state index contributed by atoms with van der Waals surface area (Å²) in [5, 5.41) is 2.79. The van der Waals surface area contributed by atoms with Crippen molar-refractivity contribution < 1.29 is 9.53 Å². The molecule has 0 fully saturated rings. The Morgan fingerprint density at radius 2 is 2.28 bits per heavy atom. The topological polar surface area (TPSA) is 38.3 Å². The van der Waals surface area contributed by atoms with Gasteiger partial charge in [0.2, 0.25) is 0 Å². The van der Waals surface area contributed by atoms with E-state index in [9.17, 15) is 4.79 Å². The molecule has 5 heteroatoms. The minimum atomic E-state index is -0.0683. The van der Waals surface area contributed by atoms with E-state index >= 15 is 0 Å². The summed E-state index contributed by atoms with van der Waals surface area (Å²) in [4.78, 5) is 11.9. The van der Waals surface area contributed by atoms with E-state index in [2.05, 4.69) is 21.2 Å². The number of carbonyl (C=O) groups is 1. The van der Waals surface area contributed by atoms with Crippen LogP contribution in [0.1, 0.15) is 22.3 Å². The van der Waals surface area contributed by atoms with Gasteiger partial charge in [-0.25, -0.2) is 0 Å². The minimum absolute atomic E-state index is 0.0682. The Labute approximate surface area is 121 Å². The molecule has 1 amide bonds. The van der Waals surface area contributed by atoms with Gasteiger partial charge in [0.15, 0.2) is 0 Å². The molecule has 0 aliphatic rings. The quantitative estimate of drug-likeness (QED) is 0.812. The number of hydrogen-bond donors (Lipinski definition) is 1. The highest BCUT2D eigenvalue weighted by atomic mass is 79.9. The molecule has 0 radical (unpaired) electrons. The van der Waals surface area contributed by atoms with Crippen LogP contribution in [0.5, 0.6) is 0 Å². The molecule has 0 saturated heterocycles. The lowest BCUT2D eigenvalue weighted by molar-refractivity contribution is 0.0951. The summed E-state index contributed by atoms with van der Waals surface area (Å²) in [5.41, 5.74) is 1.64. The highest BCUT2D eigenvalue weighted by Crippen LogP contribution is 2.15. The Morgan fingerprint density at radius 3 is 2.89 bits per heavy atom. The van der Waals surface area contributed by atoms with Gasteiger partial charge in [-0.2, -0.15) is 0 Å². The van der Waals surface area contributed by atoms with Crippen molar-refractivity contribution in [3.05, 3.63) is 33.8 Å². The second-order valence-electron chi connectivity index (χ2n) is 4.06. The molecule has 0 aliphatic carbocycles. The monoisotopic (exact) mass is 333 g/mol. The summed E-state index contributed by atoms with van der Waals surface area (Å²) < 4.78 is 5.90. The van der Waals surface area contributed by atoms with Gasteiger partial charge in [-0.05, 0) is 37.1 Å². The van der Waals surface area contributed by atoms with E-state index in [4.69, 9.17) is 16.3 Å². The highest BCUT2D eigenvalue weighted by Gasteiger charge is 2.10. The van der Waals surface area contributed by atoms with E-state index in [-0.39, 0.29) is 11.3 Å². The Kier molecular flexibility index (Phi) is 6.68. The number of halogens is 2. The first kappa shape index (κ1) is 15.5. The molecule has 0 bridgehead atoms. The number of carbonyl (C=O) groups excluding carboxylic acids is 1. The smallest absolute Gasteiger partial charge is 0.251 e. The van der Waals surface area contributed by atoms with Crippen LogP contribution in [0.3, 0.4) is 0 Å². The molecule has 0 spiro atoms. The van der Waals surface area contributed by atoms with Crippen LogP contribution in [0, 0.1) is 6.92 Å². The number of benzene rings is 1. The van der Waals surface area contributed by atoms with Crippen LogP contribution in [0.25, 0.3) is 0 Å². The largest absolute Gasteiger partial charge is 0.383 e. The van der Waals surface area contributed by atoms with Crippen LogP contribution in [0.15, 0.2) is 22.7 Å². The standard InChI is InChI=1S/C13H17BrClNO2/c1-9-7-10(14)3-4-12(9)13(17)16-6-5-11(15)8-18-2/h3-4,7,11H,5-6,8H2,1-2H3,(H,16,17). The molecule has 1 unspecified atom stereocenters. The molecule has 100 valence electrons. The van der Waals surface area contributed by atoms with Gasteiger partial charge in [0.1, 0.15) is 0 Å². The number of amides is 1. The summed E-state index contributed by atoms with van der Waals surface area (Å²) in [6.45, 7) is 2.95. The van der Waals surface area contributed by atoms with E-state index < -0.39 is 0 Å². The van der Waals surface area contributed by atoms with Gasteiger partial charge in [-0.15, -0.1) is 11.6 Å². The third-order valence-corrected chi connectivity index (χ3v) is 3.36. The zero-order chi connectivity index (χ0) is 13.5. The number of rotatable bonds is 6. The lowest BCUT2D eigenvalue weighted by Gasteiger charge is -2.10. The fourth-order valence-electron chi connectivity index (χ4n) is 1.58. The average Bonchev–Trinajstić information content (AvgIpc) is 2.29. The van der Waals surface area contributed by atoms with Gasteiger partial charge in [-0.1, -0.05) is 15.9 Å². The van der Waals surface area contributed by atoms with Gasteiger partial charge >= 0.3 is 0 Å². The first-order chi connectivity index (χ1) is 8.54. The van der Waals surface area contributed by atoms with Gasteiger partial charge < -0.3 is 10.1 Å². The van der Waals surface area contributed by atoms with E-state index in [1.807, 2.05) is 25.1 Å². The van der Waals surface area contributed by atoms with Gasteiger partial charge in [0.05, 0.1) is 12.0 Å². The molecular formula is C13H17BrClNO2. The molecule has 0 aliphatic heterocycles. The summed E-state index contributed by atoms with van der Waals surface area (Å²) >= 11 is 9.35. The predicted molar refractivity (Wildman–Crippen MR) is 77.3 cm³/mol. The maximum atomic E-state index is 11.9. The van der Waals surface area contributed by atoms with Crippen molar-refractivity contribution in [3.63, 3.8) is 0 Å².